The van der Waals surface area contributed by atoms with Crippen molar-refractivity contribution in [3.05, 3.63) is 17.7 Å². The van der Waals surface area contributed by atoms with Crippen LogP contribution in [0, 0.1) is 0 Å². The van der Waals surface area contributed by atoms with Crippen LogP contribution in [0.25, 0.3) is 0 Å². The molecule has 21 heavy (non-hydrogen) atoms. The van der Waals surface area contributed by atoms with E-state index in [4.69, 9.17) is 18.9 Å². The monoisotopic (exact) mass is 297 g/mol. The van der Waals surface area contributed by atoms with Gasteiger partial charge >= 0.3 is 0 Å². The van der Waals surface area contributed by atoms with Gasteiger partial charge in [0.15, 0.2) is 0 Å². The molecule has 1 N–H and O–H groups in total. The number of rotatable bonds is 10. The highest BCUT2D eigenvalue weighted by atomic mass is 16.5. The second kappa shape index (κ2) is 9.47. The van der Waals surface area contributed by atoms with Gasteiger partial charge in [-0.3, -0.25) is 0 Å². The molecular weight excluding hydrogens is 270 g/mol. The third-order valence-electron chi connectivity index (χ3n) is 3.11. The molecule has 0 bridgehead atoms. The average Bonchev–Trinajstić information content (AvgIpc) is 2.49. The van der Waals surface area contributed by atoms with E-state index in [1.807, 2.05) is 12.1 Å². The van der Waals surface area contributed by atoms with Crippen LogP contribution in [0.1, 0.15) is 19.4 Å². The number of ether oxygens (including phenoxy) is 4. The molecule has 0 spiro atoms. The number of benzene rings is 1. The second-order valence-electron chi connectivity index (χ2n) is 4.98. The molecule has 0 fully saturated rings. The fourth-order valence-corrected chi connectivity index (χ4v) is 2.02. The lowest BCUT2D eigenvalue weighted by molar-refractivity contribution is 0.136. The van der Waals surface area contributed by atoms with E-state index in [0.29, 0.717) is 19.3 Å². The van der Waals surface area contributed by atoms with Crippen molar-refractivity contribution in [3.63, 3.8) is 0 Å². The molecule has 0 aliphatic heterocycles. The minimum Gasteiger partial charge on any atom is -0.496 e. The maximum atomic E-state index is 5.64. The highest BCUT2D eigenvalue weighted by Crippen LogP contribution is 2.34. The Morgan fingerprint density at radius 2 is 1.57 bits per heavy atom. The predicted molar refractivity (Wildman–Crippen MR) is 83.8 cm³/mol. The van der Waals surface area contributed by atoms with Crippen LogP contribution >= 0.6 is 0 Å². The Labute approximate surface area is 127 Å². The summed E-state index contributed by atoms with van der Waals surface area (Å²) in [5.74, 6) is 2.24. The van der Waals surface area contributed by atoms with Crippen molar-refractivity contribution in [2.45, 2.75) is 26.3 Å². The number of methoxy groups -OCH3 is 3. The molecule has 5 heteroatoms. The van der Waals surface area contributed by atoms with E-state index < -0.39 is 0 Å². The highest BCUT2D eigenvalue weighted by Gasteiger charge is 2.12. The normalized spacial score (nSPS) is 10.8. The average molecular weight is 297 g/mol. The van der Waals surface area contributed by atoms with Crippen LogP contribution in [0.15, 0.2) is 12.1 Å². The lowest BCUT2D eigenvalue weighted by Gasteiger charge is -2.15. The molecule has 5 nitrogen and oxygen atoms in total. The Kier molecular flexibility index (Phi) is 7.93. The van der Waals surface area contributed by atoms with Gasteiger partial charge in [0.25, 0.3) is 0 Å². The van der Waals surface area contributed by atoms with Gasteiger partial charge in [-0.15, -0.1) is 0 Å². The van der Waals surface area contributed by atoms with Gasteiger partial charge < -0.3 is 24.3 Å². The van der Waals surface area contributed by atoms with Crippen LogP contribution in [0.4, 0.5) is 0 Å². The summed E-state index contributed by atoms with van der Waals surface area (Å²) in [6.07, 6.45) is 0.734. The summed E-state index contributed by atoms with van der Waals surface area (Å²) in [4.78, 5) is 0. The van der Waals surface area contributed by atoms with Gasteiger partial charge in [0.2, 0.25) is 0 Å². The van der Waals surface area contributed by atoms with Gasteiger partial charge in [-0.05, 0) is 0 Å². The SMILES string of the molecule is COc1cc(OC)c(CCOCCNC(C)C)c(OC)c1. The van der Waals surface area contributed by atoms with Crippen LogP contribution in [-0.2, 0) is 11.2 Å². The molecule has 0 radical (unpaired) electrons. The third kappa shape index (κ3) is 5.81. The van der Waals surface area contributed by atoms with Crippen molar-refractivity contribution in [3.8, 4) is 17.2 Å². The van der Waals surface area contributed by atoms with Gasteiger partial charge in [0.1, 0.15) is 17.2 Å². The van der Waals surface area contributed by atoms with Crippen molar-refractivity contribution in [2.24, 2.45) is 0 Å². The molecule has 0 aliphatic carbocycles. The van der Waals surface area contributed by atoms with Gasteiger partial charge in [0.05, 0.1) is 34.5 Å². The maximum Gasteiger partial charge on any atom is 0.129 e. The van der Waals surface area contributed by atoms with Crippen LogP contribution in [0.5, 0.6) is 17.2 Å². The van der Waals surface area contributed by atoms with Crippen LogP contribution in [0.3, 0.4) is 0 Å². The maximum absolute atomic E-state index is 5.64. The lowest BCUT2D eigenvalue weighted by atomic mass is 10.1. The summed E-state index contributed by atoms with van der Waals surface area (Å²) in [6.45, 7) is 6.41. The molecule has 1 rings (SSSR count). The first-order valence-corrected chi connectivity index (χ1v) is 7.22. The second-order valence-corrected chi connectivity index (χ2v) is 4.98. The molecule has 0 aromatic heterocycles. The van der Waals surface area contributed by atoms with Crippen molar-refractivity contribution >= 4 is 0 Å². The molecule has 0 atom stereocenters. The summed E-state index contributed by atoms with van der Waals surface area (Å²) in [7, 11) is 4.91. The van der Waals surface area contributed by atoms with E-state index in [1.165, 1.54) is 0 Å². The first-order chi connectivity index (χ1) is 10.1. The standard InChI is InChI=1S/C16H27NO4/c1-12(2)17-7-9-21-8-6-14-15(19-4)10-13(18-3)11-16(14)20-5/h10-12,17H,6-9H2,1-5H3. The molecule has 0 saturated carbocycles. The first kappa shape index (κ1) is 17.6. The Morgan fingerprint density at radius 1 is 0.952 bits per heavy atom. The molecule has 0 amide bonds. The minimum atomic E-state index is 0.482. The molecule has 0 unspecified atom stereocenters. The Balaban J connectivity index is 2.57. The minimum absolute atomic E-state index is 0.482. The molecule has 0 heterocycles. The fraction of sp³-hybridized carbons (Fsp3) is 0.625. The van der Waals surface area contributed by atoms with E-state index in [-0.39, 0.29) is 0 Å². The lowest BCUT2D eigenvalue weighted by Crippen LogP contribution is -2.26. The number of hydrogen-bond donors (Lipinski definition) is 1. The van der Waals surface area contributed by atoms with Crippen LogP contribution < -0.4 is 19.5 Å². The molecule has 120 valence electrons. The zero-order chi connectivity index (χ0) is 15.7. The molecule has 1 aromatic carbocycles. The Morgan fingerprint density at radius 3 is 2.05 bits per heavy atom. The summed E-state index contributed by atoms with van der Waals surface area (Å²) in [5, 5.41) is 3.31. The fourth-order valence-electron chi connectivity index (χ4n) is 2.02. The van der Waals surface area contributed by atoms with Crippen LogP contribution in [0.2, 0.25) is 0 Å². The van der Waals surface area contributed by atoms with Crippen molar-refractivity contribution < 1.29 is 18.9 Å². The van der Waals surface area contributed by atoms with Gasteiger partial charge in [-0.25, -0.2) is 0 Å². The zero-order valence-corrected chi connectivity index (χ0v) is 13.7. The largest absolute Gasteiger partial charge is 0.496 e. The number of hydrogen-bond acceptors (Lipinski definition) is 5. The quantitative estimate of drug-likeness (QED) is 0.671. The topological polar surface area (TPSA) is 49.0 Å². The summed E-state index contributed by atoms with van der Waals surface area (Å²) in [5.41, 5.74) is 0.998. The van der Waals surface area contributed by atoms with E-state index >= 15 is 0 Å². The van der Waals surface area contributed by atoms with Crippen molar-refractivity contribution in [1.29, 1.82) is 0 Å². The van der Waals surface area contributed by atoms with Gasteiger partial charge in [-0.2, -0.15) is 0 Å². The van der Waals surface area contributed by atoms with Crippen molar-refractivity contribution in [2.75, 3.05) is 41.1 Å². The van der Waals surface area contributed by atoms with Gasteiger partial charge in [-0.1, -0.05) is 13.8 Å². The molecule has 0 saturated heterocycles. The summed E-state index contributed by atoms with van der Waals surface area (Å²) >= 11 is 0. The first-order valence-electron chi connectivity index (χ1n) is 7.22. The summed E-state index contributed by atoms with van der Waals surface area (Å²) in [6, 6.07) is 4.20. The predicted octanol–water partition coefficient (Wildman–Crippen LogP) is 2.27. The van der Waals surface area contributed by atoms with Gasteiger partial charge in [0, 0.05) is 36.7 Å². The van der Waals surface area contributed by atoms with Crippen molar-refractivity contribution in [1.82, 2.24) is 5.32 Å². The molecular formula is C16H27NO4. The van der Waals surface area contributed by atoms with E-state index in [0.717, 1.165) is 35.8 Å². The summed E-state index contributed by atoms with van der Waals surface area (Å²) < 4.78 is 21.7. The molecule has 0 aliphatic rings. The van der Waals surface area contributed by atoms with E-state index in [1.54, 1.807) is 21.3 Å². The highest BCUT2D eigenvalue weighted by molar-refractivity contribution is 5.50. The third-order valence-corrected chi connectivity index (χ3v) is 3.11. The molecule has 1 aromatic rings. The van der Waals surface area contributed by atoms with Crippen LogP contribution in [-0.4, -0.2) is 47.1 Å². The van der Waals surface area contributed by atoms with E-state index in [9.17, 15) is 0 Å². The van der Waals surface area contributed by atoms with E-state index in [2.05, 4.69) is 19.2 Å². The number of nitrogens with one attached hydrogen (secondary N) is 1. The Hall–Kier alpha value is -1.46. The zero-order valence-electron chi connectivity index (χ0n) is 13.7. The smallest absolute Gasteiger partial charge is 0.129 e. The Bertz CT molecular complexity index is 396.